The Bertz CT molecular complexity index is 453. The minimum atomic E-state index is -4.08. The van der Waals surface area contributed by atoms with Gasteiger partial charge in [-0.1, -0.05) is 12.1 Å². The van der Waals surface area contributed by atoms with E-state index in [0.29, 0.717) is 26.1 Å². The molecule has 21 heavy (non-hydrogen) atoms. The highest BCUT2D eigenvalue weighted by Crippen LogP contribution is 2.34. The summed E-state index contributed by atoms with van der Waals surface area (Å²) >= 11 is 0. The first-order valence-electron chi connectivity index (χ1n) is 7.16. The molecule has 1 atom stereocenters. The highest BCUT2D eigenvalue weighted by Gasteiger charge is 2.40. The lowest BCUT2D eigenvalue weighted by Crippen LogP contribution is -2.39. The maximum Gasteiger partial charge on any atom is 0.391 e. The topological polar surface area (TPSA) is 29.3 Å². The Hall–Kier alpha value is -1.14. The summed E-state index contributed by atoms with van der Waals surface area (Å²) in [5.74, 6) is -1.50. The van der Waals surface area contributed by atoms with E-state index in [1.54, 1.807) is 12.1 Å². The summed E-state index contributed by atoms with van der Waals surface area (Å²) in [6, 6.07) is 5.85. The molecule has 1 fully saturated rings. The highest BCUT2D eigenvalue weighted by atomic mass is 19.4. The Morgan fingerprint density at radius 3 is 2.48 bits per heavy atom. The molecule has 1 aromatic carbocycles. The molecule has 1 unspecified atom stereocenters. The van der Waals surface area contributed by atoms with Crippen LogP contribution in [-0.4, -0.2) is 30.7 Å². The molecule has 2 nitrogen and oxygen atoms in total. The van der Waals surface area contributed by atoms with Gasteiger partial charge in [-0.05, 0) is 56.6 Å². The molecular weight excluding hydrogens is 284 g/mol. The molecule has 1 heterocycles. The van der Waals surface area contributed by atoms with Gasteiger partial charge in [0.25, 0.3) is 0 Å². The SMILES string of the molecule is NC(CCN1CCC(C(F)(F)F)CC1)c1cccc(F)c1. The number of hydrogen-bond acceptors (Lipinski definition) is 2. The first-order valence-corrected chi connectivity index (χ1v) is 7.16. The van der Waals surface area contributed by atoms with Crippen molar-refractivity contribution in [3.8, 4) is 0 Å². The van der Waals surface area contributed by atoms with E-state index >= 15 is 0 Å². The molecule has 1 aliphatic heterocycles. The van der Waals surface area contributed by atoms with Crippen molar-refractivity contribution < 1.29 is 17.6 Å². The summed E-state index contributed by atoms with van der Waals surface area (Å²) in [7, 11) is 0. The second-order valence-electron chi connectivity index (χ2n) is 5.61. The maximum atomic E-state index is 13.1. The maximum absolute atomic E-state index is 13.1. The largest absolute Gasteiger partial charge is 0.391 e. The van der Waals surface area contributed by atoms with Gasteiger partial charge >= 0.3 is 6.18 Å². The van der Waals surface area contributed by atoms with E-state index in [4.69, 9.17) is 5.73 Å². The zero-order valence-corrected chi connectivity index (χ0v) is 11.7. The molecule has 0 aromatic heterocycles. The molecule has 1 aromatic rings. The third-order valence-electron chi connectivity index (χ3n) is 4.08. The molecular formula is C15H20F4N2. The monoisotopic (exact) mass is 304 g/mol. The lowest BCUT2D eigenvalue weighted by molar-refractivity contribution is -0.185. The quantitative estimate of drug-likeness (QED) is 0.863. The number of alkyl halides is 3. The summed E-state index contributed by atoms with van der Waals surface area (Å²) in [5.41, 5.74) is 6.73. The molecule has 1 saturated heterocycles. The first kappa shape index (κ1) is 16.2. The van der Waals surface area contributed by atoms with E-state index in [-0.39, 0.29) is 24.7 Å². The van der Waals surface area contributed by atoms with Crippen molar-refractivity contribution in [3.63, 3.8) is 0 Å². The molecule has 2 rings (SSSR count). The van der Waals surface area contributed by atoms with E-state index in [9.17, 15) is 17.6 Å². The van der Waals surface area contributed by atoms with Gasteiger partial charge in [0, 0.05) is 6.04 Å². The number of benzene rings is 1. The summed E-state index contributed by atoms with van der Waals surface area (Å²) in [6.07, 6.45) is -3.17. The summed E-state index contributed by atoms with van der Waals surface area (Å²) in [4.78, 5) is 2.00. The van der Waals surface area contributed by atoms with Gasteiger partial charge in [-0.15, -0.1) is 0 Å². The fourth-order valence-electron chi connectivity index (χ4n) is 2.71. The Kier molecular flexibility index (Phi) is 5.22. The molecule has 0 amide bonds. The van der Waals surface area contributed by atoms with E-state index in [1.807, 2.05) is 4.90 Å². The van der Waals surface area contributed by atoms with Gasteiger partial charge < -0.3 is 10.6 Å². The number of hydrogen-bond donors (Lipinski definition) is 1. The summed E-state index contributed by atoms with van der Waals surface area (Å²) < 4.78 is 50.8. The normalized spacial score (nSPS) is 19.7. The van der Waals surface area contributed by atoms with Crippen LogP contribution in [0.1, 0.15) is 30.9 Å². The number of halogens is 4. The smallest absolute Gasteiger partial charge is 0.324 e. The molecule has 2 N–H and O–H groups in total. The van der Waals surface area contributed by atoms with Gasteiger partial charge in [-0.25, -0.2) is 4.39 Å². The van der Waals surface area contributed by atoms with Crippen molar-refractivity contribution in [2.75, 3.05) is 19.6 Å². The Morgan fingerprint density at radius 1 is 1.24 bits per heavy atom. The van der Waals surface area contributed by atoms with Crippen LogP contribution in [0, 0.1) is 11.7 Å². The fourth-order valence-corrected chi connectivity index (χ4v) is 2.71. The lowest BCUT2D eigenvalue weighted by Gasteiger charge is -2.33. The third kappa shape index (κ3) is 4.68. The predicted octanol–water partition coefficient (Wildman–Crippen LogP) is 3.49. The van der Waals surface area contributed by atoms with E-state index in [2.05, 4.69) is 0 Å². The molecule has 0 radical (unpaired) electrons. The van der Waals surface area contributed by atoms with Crippen LogP contribution in [0.15, 0.2) is 24.3 Å². The lowest BCUT2D eigenvalue weighted by atomic mass is 9.95. The molecule has 1 aliphatic rings. The number of rotatable bonds is 4. The van der Waals surface area contributed by atoms with Crippen LogP contribution in [0.4, 0.5) is 17.6 Å². The number of piperidine rings is 1. The van der Waals surface area contributed by atoms with Gasteiger partial charge in [0.1, 0.15) is 5.82 Å². The molecule has 0 saturated carbocycles. The summed E-state index contributed by atoms with van der Waals surface area (Å²) in [6.45, 7) is 1.53. The second kappa shape index (κ2) is 6.75. The highest BCUT2D eigenvalue weighted by molar-refractivity contribution is 5.19. The van der Waals surface area contributed by atoms with Crippen molar-refractivity contribution >= 4 is 0 Å². The molecule has 0 aliphatic carbocycles. The van der Waals surface area contributed by atoms with Crippen LogP contribution in [-0.2, 0) is 0 Å². The zero-order valence-electron chi connectivity index (χ0n) is 11.7. The van der Waals surface area contributed by atoms with Crippen molar-refractivity contribution in [1.82, 2.24) is 4.90 Å². The van der Waals surface area contributed by atoms with Crippen molar-refractivity contribution in [2.45, 2.75) is 31.5 Å². The minimum absolute atomic E-state index is 0.151. The van der Waals surface area contributed by atoms with Crippen LogP contribution in [0.5, 0.6) is 0 Å². The Morgan fingerprint density at radius 2 is 1.90 bits per heavy atom. The van der Waals surface area contributed by atoms with Crippen LogP contribution in [0.3, 0.4) is 0 Å². The van der Waals surface area contributed by atoms with E-state index < -0.39 is 12.1 Å². The second-order valence-corrected chi connectivity index (χ2v) is 5.61. The van der Waals surface area contributed by atoms with Crippen molar-refractivity contribution in [1.29, 1.82) is 0 Å². The van der Waals surface area contributed by atoms with Gasteiger partial charge in [0.05, 0.1) is 5.92 Å². The predicted molar refractivity (Wildman–Crippen MR) is 73.2 cm³/mol. The van der Waals surface area contributed by atoms with Crippen LogP contribution in [0.25, 0.3) is 0 Å². The van der Waals surface area contributed by atoms with Crippen LogP contribution in [0.2, 0.25) is 0 Å². The van der Waals surface area contributed by atoms with Crippen molar-refractivity contribution in [2.24, 2.45) is 11.7 Å². The van der Waals surface area contributed by atoms with E-state index in [1.165, 1.54) is 12.1 Å². The average molecular weight is 304 g/mol. The number of nitrogens with zero attached hydrogens (tertiary/aromatic N) is 1. The summed E-state index contributed by atoms with van der Waals surface area (Å²) in [5, 5.41) is 0. The molecule has 118 valence electrons. The molecule has 0 spiro atoms. The molecule has 6 heteroatoms. The van der Waals surface area contributed by atoms with Gasteiger partial charge in [0.15, 0.2) is 0 Å². The standard InChI is InChI=1S/C15H20F4N2/c16-13-3-1-2-11(10-13)14(20)6-9-21-7-4-12(5-8-21)15(17,18)19/h1-3,10,12,14H,4-9,20H2. The van der Waals surface area contributed by atoms with Crippen LogP contribution >= 0.6 is 0 Å². The molecule has 0 bridgehead atoms. The van der Waals surface area contributed by atoms with Crippen molar-refractivity contribution in [3.05, 3.63) is 35.6 Å². The van der Waals surface area contributed by atoms with Gasteiger partial charge in [0.2, 0.25) is 0 Å². The minimum Gasteiger partial charge on any atom is -0.324 e. The number of nitrogens with two attached hydrogens (primary N) is 1. The first-order chi connectivity index (χ1) is 9.86. The fraction of sp³-hybridized carbons (Fsp3) is 0.600. The Balaban J connectivity index is 1.77. The van der Waals surface area contributed by atoms with Crippen LogP contribution < -0.4 is 5.73 Å². The van der Waals surface area contributed by atoms with Gasteiger partial charge in [-0.2, -0.15) is 13.2 Å². The Labute approximate surface area is 121 Å². The average Bonchev–Trinajstić information content (AvgIpc) is 2.44. The van der Waals surface area contributed by atoms with E-state index in [0.717, 1.165) is 5.56 Å². The third-order valence-corrected chi connectivity index (χ3v) is 4.08. The zero-order chi connectivity index (χ0) is 15.5. The number of likely N-dealkylation sites (tertiary alicyclic amines) is 1. The van der Waals surface area contributed by atoms with Gasteiger partial charge in [-0.3, -0.25) is 0 Å².